The lowest BCUT2D eigenvalue weighted by atomic mass is 9.82. The van der Waals surface area contributed by atoms with E-state index < -0.39 is 29.1 Å². The Balaban J connectivity index is 1.40. The van der Waals surface area contributed by atoms with E-state index in [1.54, 1.807) is 24.3 Å². The van der Waals surface area contributed by atoms with E-state index in [0.717, 1.165) is 18.4 Å². The van der Waals surface area contributed by atoms with Gasteiger partial charge in [0.05, 0.1) is 6.61 Å². The van der Waals surface area contributed by atoms with Crippen LogP contribution in [0.2, 0.25) is 0 Å². The minimum Gasteiger partial charge on any atom is -0.490 e. The van der Waals surface area contributed by atoms with Gasteiger partial charge in [0.15, 0.2) is 23.1 Å². The highest BCUT2D eigenvalue weighted by molar-refractivity contribution is 5.67. The van der Waals surface area contributed by atoms with E-state index in [1.807, 2.05) is 13.0 Å². The van der Waals surface area contributed by atoms with Crippen LogP contribution < -0.4 is 9.47 Å². The van der Waals surface area contributed by atoms with Crippen molar-refractivity contribution < 1.29 is 31.4 Å². The monoisotopic (exact) mass is 516 g/mol. The lowest BCUT2D eigenvalue weighted by Gasteiger charge is -2.23. The van der Waals surface area contributed by atoms with Crippen molar-refractivity contribution in [2.75, 3.05) is 6.61 Å². The third kappa shape index (κ3) is 5.97. The maximum absolute atomic E-state index is 14.8. The second-order valence-corrected chi connectivity index (χ2v) is 9.29. The number of allylic oxidation sites excluding steroid dienone is 2. The Morgan fingerprint density at radius 1 is 0.838 bits per heavy atom. The Kier molecular flexibility index (Phi) is 8.52. The maximum atomic E-state index is 14.8. The predicted molar refractivity (Wildman–Crippen MR) is 133 cm³/mol. The average Bonchev–Trinajstić information content (AvgIpc) is 2.90. The largest absolute Gasteiger partial charge is 0.490 e. The average molecular weight is 517 g/mol. The first-order chi connectivity index (χ1) is 17.8. The van der Waals surface area contributed by atoms with Crippen LogP contribution in [-0.2, 0) is 6.61 Å². The van der Waals surface area contributed by atoms with Gasteiger partial charge in [0.25, 0.3) is 0 Å². The molecule has 0 saturated heterocycles. The molecule has 1 atom stereocenters. The smallest absolute Gasteiger partial charge is 0.204 e. The first kappa shape index (κ1) is 26.7. The summed E-state index contributed by atoms with van der Waals surface area (Å²) in [5, 5.41) is 0. The first-order valence-corrected chi connectivity index (χ1v) is 12.5. The zero-order chi connectivity index (χ0) is 26.5. The molecule has 0 spiro atoms. The summed E-state index contributed by atoms with van der Waals surface area (Å²) in [4.78, 5) is 0. The molecular weight excluding hydrogens is 487 g/mol. The summed E-state index contributed by atoms with van der Waals surface area (Å²) >= 11 is 0. The van der Waals surface area contributed by atoms with Gasteiger partial charge in [-0.25, -0.2) is 13.2 Å². The number of hydrogen-bond acceptors (Lipinski definition) is 2. The van der Waals surface area contributed by atoms with E-state index in [4.69, 9.17) is 9.47 Å². The van der Waals surface area contributed by atoms with Crippen LogP contribution in [0.5, 0.6) is 11.5 Å². The van der Waals surface area contributed by atoms with Gasteiger partial charge in [0.2, 0.25) is 11.6 Å². The van der Waals surface area contributed by atoms with Crippen molar-refractivity contribution in [2.24, 2.45) is 0 Å². The quantitative estimate of drug-likeness (QED) is 0.209. The summed E-state index contributed by atoms with van der Waals surface area (Å²) in [7, 11) is 0. The molecule has 0 bridgehead atoms. The summed E-state index contributed by atoms with van der Waals surface area (Å²) in [6, 6.07) is 10.4. The highest BCUT2D eigenvalue weighted by Crippen LogP contribution is 2.38. The molecular formula is C30H29F5O2. The minimum absolute atomic E-state index is 0.143. The van der Waals surface area contributed by atoms with Crippen LogP contribution in [-0.4, -0.2) is 6.61 Å². The van der Waals surface area contributed by atoms with Gasteiger partial charge in [-0.15, -0.1) is 0 Å². The second-order valence-electron chi connectivity index (χ2n) is 9.29. The summed E-state index contributed by atoms with van der Waals surface area (Å²) < 4.78 is 82.4. The van der Waals surface area contributed by atoms with Gasteiger partial charge in [-0.05, 0) is 79.0 Å². The standard InChI is InChI=1S/C30H29F5O2/c1-3-4-15-36-25-13-14-26(30(35)29(25)34)37-17-22-11-10-21(16-24(22)31)19-6-8-20(9-7-19)23-12-5-18(2)27(32)28(23)33/h5-6,10-14,16,20H,3-4,7-9,15,17H2,1-2H3. The molecule has 3 aromatic carbocycles. The fourth-order valence-electron chi connectivity index (χ4n) is 4.44. The van der Waals surface area contributed by atoms with Crippen LogP contribution >= 0.6 is 0 Å². The number of unbranched alkanes of at least 4 members (excludes halogenated alkanes) is 1. The van der Waals surface area contributed by atoms with Gasteiger partial charge in [0.1, 0.15) is 12.4 Å². The van der Waals surface area contributed by atoms with Crippen molar-refractivity contribution >= 4 is 5.57 Å². The summed E-state index contributed by atoms with van der Waals surface area (Å²) in [5.41, 5.74) is 2.43. The Hall–Kier alpha value is -3.35. The molecule has 0 heterocycles. The molecule has 2 nitrogen and oxygen atoms in total. The highest BCUT2D eigenvalue weighted by atomic mass is 19.2. The highest BCUT2D eigenvalue weighted by Gasteiger charge is 2.23. The van der Waals surface area contributed by atoms with Gasteiger partial charge in [-0.2, -0.15) is 8.78 Å². The molecule has 0 fully saturated rings. The van der Waals surface area contributed by atoms with E-state index in [1.165, 1.54) is 25.1 Å². The van der Waals surface area contributed by atoms with Crippen LogP contribution in [0, 0.1) is 36.0 Å². The number of benzene rings is 3. The van der Waals surface area contributed by atoms with Gasteiger partial charge in [-0.3, -0.25) is 0 Å². The summed E-state index contributed by atoms with van der Waals surface area (Å²) in [6.07, 6.45) is 5.23. The molecule has 0 aliphatic heterocycles. The molecule has 196 valence electrons. The van der Waals surface area contributed by atoms with Crippen molar-refractivity contribution in [3.63, 3.8) is 0 Å². The van der Waals surface area contributed by atoms with Crippen molar-refractivity contribution in [3.05, 3.63) is 99.9 Å². The molecule has 7 heteroatoms. The Morgan fingerprint density at radius 2 is 1.57 bits per heavy atom. The lowest BCUT2D eigenvalue weighted by molar-refractivity contribution is 0.264. The molecule has 0 aromatic heterocycles. The molecule has 3 aromatic rings. The normalized spacial score (nSPS) is 15.4. The van der Waals surface area contributed by atoms with Gasteiger partial charge >= 0.3 is 0 Å². The maximum Gasteiger partial charge on any atom is 0.204 e. The fourth-order valence-corrected chi connectivity index (χ4v) is 4.44. The van der Waals surface area contributed by atoms with Crippen LogP contribution in [0.3, 0.4) is 0 Å². The zero-order valence-electron chi connectivity index (χ0n) is 20.9. The van der Waals surface area contributed by atoms with Gasteiger partial charge in [-0.1, -0.05) is 43.7 Å². The van der Waals surface area contributed by atoms with E-state index in [9.17, 15) is 22.0 Å². The van der Waals surface area contributed by atoms with Crippen molar-refractivity contribution in [1.82, 2.24) is 0 Å². The van der Waals surface area contributed by atoms with Crippen LogP contribution in [0.25, 0.3) is 5.57 Å². The third-order valence-corrected chi connectivity index (χ3v) is 6.73. The summed E-state index contributed by atoms with van der Waals surface area (Å²) in [5.74, 6) is -5.13. The SMILES string of the molecule is CCCCOc1ccc(OCc2ccc(C3=CCC(c4ccc(C)c(F)c4F)CC3)cc2F)c(F)c1F. The molecule has 1 unspecified atom stereocenters. The van der Waals surface area contributed by atoms with E-state index >= 15 is 0 Å². The van der Waals surface area contributed by atoms with Crippen molar-refractivity contribution in [3.8, 4) is 11.5 Å². The molecule has 0 saturated carbocycles. The molecule has 37 heavy (non-hydrogen) atoms. The van der Waals surface area contributed by atoms with E-state index in [2.05, 4.69) is 0 Å². The topological polar surface area (TPSA) is 18.5 Å². The van der Waals surface area contributed by atoms with Crippen molar-refractivity contribution in [1.29, 1.82) is 0 Å². The summed E-state index contributed by atoms with van der Waals surface area (Å²) in [6.45, 7) is 3.49. The number of halogens is 5. The predicted octanol–water partition coefficient (Wildman–Crippen LogP) is 8.80. The zero-order valence-corrected chi connectivity index (χ0v) is 20.9. The molecule has 0 radical (unpaired) electrons. The molecule has 4 rings (SSSR count). The molecule has 1 aliphatic carbocycles. The molecule has 0 N–H and O–H groups in total. The van der Waals surface area contributed by atoms with Crippen LogP contribution in [0.4, 0.5) is 22.0 Å². The van der Waals surface area contributed by atoms with E-state index in [-0.39, 0.29) is 41.8 Å². The molecule has 1 aliphatic rings. The van der Waals surface area contributed by atoms with Gasteiger partial charge < -0.3 is 9.47 Å². The number of aryl methyl sites for hydroxylation is 1. The van der Waals surface area contributed by atoms with Crippen LogP contribution in [0.15, 0.2) is 48.5 Å². The lowest BCUT2D eigenvalue weighted by Crippen LogP contribution is -2.08. The third-order valence-electron chi connectivity index (χ3n) is 6.73. The first-order valence-electron chi connectivity index (χ1n) is 12.5. The Labute approximate surface area is 213 Å². The second kappa shape index (κ2) is 11.8. The number of rotatable bonds is 9. The van der Waals surface area contributed by atoms with Crippen molar-refractivity contribution in [2.45, 2.75) is 58.5 Å². The Bertz CT molecular complexity index is 1300. The number of hydrogen-bond donors (Lipinski definition) is 0. The van der Waals surface area contributed by atoms with Crippen LogP contribution in [0.1, 0.15) is 67.2 Å². The van der Waals surface area contributed by atoms with E-state index in [0.29, 0.717) is 30.4 Å². The molecule has 0 amide bonds. The van der Waals surface area contributed by atoms with Gasteiger partial charge in [0, 0.05) is 5.56 Å². The minimum atomic E-state index is -1.18. The fraction of sp³-hybridized carbons (Fsp3) is 0.333. The Morgan fingerprint density at radius 3 is 2.22 bits per heavy atom. The number of ether oxygens (including phenoxy) is 2.